The first-order valence-electron chi connectivity index (χ1n) is 6.11. The molecular weight excluding hydrogens is 386 g/mol. The molecule has 0 saturated heterocycles. The van der Waals surface area contributed by atoms with Gasteiger partial charge < -0.3 is 14.6 Å². The topological polar surface area (TPSA) is 89.9 Å². The van der Waals surface area contributed by atoms with Crippen molar-refractivity contribution in [2.45, 2.75) is 23.5 Å². The highest BCUT2D eigenvalue weighted by molar-refractivity contribution is 7.90. The summed E-state index contributed by atoms with van der Waals surface area (Å²) in [6, 6.07) is 2.39. The molecule has 1 unspecified atom stereocenters. The zero-order chi connectivity index (χ0) is 19.6. The van der Waals surface area contributed by atoms with Gasteiger partial charge in [-0.1, -0.05) is 6.07 Å². The smallest absolute Gasteiger partial charge is 0.452 e. The maximum Gasteiger partial charge on any atom is 0.452 e. The number of ether oxygens (including phenoxy) is 2. The second-order valence-corrected chi connectivity index (χ2v) is 6.61. The van der Waals surface area contributed by atoms with Crippen LogP contribution in [0.5, 0.6) is 5.75 Å². The molecular formula is C12H10F6O6S. The summed E-state index contributed by atoms with van der Waals surface area (Å²) >= 11 is 0. The third kappa shape index (κ3) is 6.08. The summed E-state index contributed by atoms with van der Waals surface area (Å²) in [5.74, 6) is -3.13. The molecule has 1 rings (SSSR count). The van der Waals surface area contributed by atoms with Gasteiger partial charge in [-0.2, -0.15) is 26.3 Å². The largest absolute Gasteiger partial charge is 0.478 e. The van der Waals surface area contributed by atoms with Crippen LogP contribution >= 0.6 is 0 Å². The first kappa shape index (κ1) is 21.0. The lowest BCUT2D eigenvalue weighted by molar-refractivity contribution is -0.306. The standard InChI is InChI=1S/C12H10F6O6S/c1-25(21,22)7-4-2-3-6(9(19)20)8(7)24-10(12(16,17)18)23-5-11(13,14)15/h2-4,10H,5H2,1H3,(H,19,20). The Bertz CT molecular complexity index is 739. The van der Waals surface area contributed by atoms with Crippen molar-refractivity contribution in [2.24, 2.45) is 0 Å². The number of carboxylic acid groups (broad SMARTS) is 1. The minimum atomic E-state index is -5.49. The van der Waals surface area contributed by atoms with Gasteiger partial charge in [0.1, 0.15) is 17.1 Å². The van der Waals surface area contributed by atoms with Crippen LogP contribution in [-0.4, -0.2) is 51.0 Å². The van der Waals surface area contributed by atoms with E-state index >= 15 is 0 Å². The van der Waals surface area contributed by atoms with Gasteiger partial charge in [0.2, 0.25) is 0 Å². The van der Waals surface area contributed by atoms with Crippen molar-refractivity contribution in [3.05, 3.63) is 23.8 Å². The van der Waals surface area contributed by atoms with Crippen LogP contribution in [0, 0.1) is 0 Å². The zero-order valence-electron chi connectivity index (χ0n) is 12.2. The van der Waals surface area contributed by atoms with E-state index in [4.69, 9.17) is 5.11 Å². The monoisotopic (exact) mass is 396 g/mol. The fourth-order valence-electron chi connectivity index (χ4n) is 1.57. The Morgan fingerprint density at radius 2 is 1.76 bits per heavy atom. The molecule has 6 nitrogen and oxygen atoms in total. The number of hydrogen-bond acceptors (Lipinski definition) is 5. The predicted molar refractivity (Wildman–Crippen MR) is 69.0 cm³/mol. The maximum atomic E-state index is 12.8. The lowest BCUT2D eigenvalue weighted by atomic mass is 10.2. The van der Waals surface area contributed by atoms with Crippen LogP contribution in [0.15, 0.2) is 23.1 Å². The van der Waals surface area contributed by atoms with Gasteiger partial charge in [0, 0.05) is 6.26 Å². The Hall–Kier alpha value is -2.02. The van der Waals surface area contributed by atoms with Crippen LogP contribution in [0.25, 0.3) is 0 Å². The molecule has 1 aromatic carbocycles. The number of carboxylic acids is 1. The van der Waals surface area contributed by atoms with E-state index in [1.807, 2.05) is 0 Å². The van der Waals surface area contributed by atoms with E-state index in [-0.39, 0.29) is 0 Å². The highest BCUT2D eigenvalue weighted by Crippen LogP contribution is 2.34. The third-order valence-electron chi connectivity index (χ3n) is 2.50. The van der Waals surface area contributed by atoms with Crippen molar-refractivity contribution < 1.29 is 54.1 Å². The number of hydrogen-bond donors (Lipinski definition) is 1. The lowest BCUT2D eigenvalue weighted by Crippen LogP contribution is -2.40. The molecule has 0 spiro atoms. The Balaban J connectivity index is 3.39. The third-order valence-corrected chi connectivity index (χ3v) is 3.62. The Labute approximate surface area is 136 Å². The molecule has 0 amide bonds. The molecule has 0 radical (unpaired) electrons. The molecule has 1 N–H and O–H groups in total. The number of aromatic carboxylic acids is 1. The summed E-state index contributed by atoms with van der Waals surface area (Å²) in [5, 5.41) is 8.95. The second-order valence-electron chi connectivity index (χ2n) is 4.63. The first-order chi connectivity index (χ1) is 11.1. The molecule has 0 aliphatic heterocycles. The molecule has 0 aromatic heterocycles. The van der Waals surface area contributed by atoms with Crippen molar-refractivity contribution in [1.82, 2.24) is 0 Å². The molecule has 0 aliphatic rings. The number of carbonyl (C=O) groups is 1. The average molecular weight is 396 g/mol. The highest BCUT2D eigenvalue weighted by Gasteiger charge is 2.46. The van der Waals surface area contributed by atoms with Crippen LogP contribution in [0.4, 0.5) is 26.3 Å². The molecule has 0 heterocycles. The van der Waals surface area contributed by atoms with Crippen LogP contribution in [-0.2, 0) is 14.6 Å². The quantitative estimate of drug-likeness (QED) is 0.587. The van der Waals surface area contributed by atoms with Crippen molar-refractivity contribution in [3.63, 3.8) is 0 Å². The fourth-order valence-corrected chi connectivity index (χ4v) is 2.39. The normalized spacial score (nSPS) is 14.2. The maximum absolute atomic E-state index is 12.8. The number of sulfone groups is 1. The summed E-state index contributed by atoms with van der Waals surface area (Å²) in [7, 11) is -4.26. The molecule has 1 aromatic rings. The van der Waals surface area contributed by atoms with E-state index in [2.05, 4.69) is 9.47 Å². The van der Waals surface area contributed by atoms with Gasteiger partial charge in [0.15, 0.2) is 15.6 Å². The number of alkyl halides is 6. The van der Waals surface area contributed by atoms with E-state index in [9.17, 15) is 39.6 Å². The summed E-state index contributed by atoms with van der Waals surface area (Å²) in [5.41, 5.74) is -0.993. The van der Waals surface area contributed by atoms with Gasteiger partial charge in [0.05, 0.1) is 0 Å². The number of halogens is 6. The Morgan fingerprint density at radius 3 is 2.16 bits per heavy atom. The summed E-state index contributed by atoms with van der Waals surface area (Å²) < 4.78 is 106. The Morgan fingerprint density at radius 1 is 1.20 bits per heavy atom. The van der Waals surface area contributed by atoms with E-state index in [1.54, 1.807) is 0 Å². The second kappa shape index (κ2) is 7.07. The summed E-state index contributed by atoms with van der Waals surface area (Å²) in [4.78, 5) is 10.1. The zero-order valence-corrected chi connectivity index (χ0v) is 13.0. The summed E-state index contributed by atoms with van der Waals surface area (Å²) in [6.45, 7) is -2.35. The molecule has 0 aliphatic carbocycles. The molecule has 0 saturated carbocycles. The molecule has 13 heteroatoms. The van der Waals surface area contributed by atoms with Crippen molar-refractivity contribution in [1.29, 1.82) is 0 Å². The molecule has 0 bridgehead atoms. The van der Waals surface area contributed by atoms with Crippen molar-refractivity contribution in [3.8, 4) is 5.75 Å². The highest BCUT2D eigenvalue weighted by atomic mass is 32.2. The SMILES string of the molecule is CS(=O)(=O)c1cccc(C(=O)O)c1OC(OCC(F)(F)F)C(F)(F)F. The molecule has 142 valence electrons. The minimum absolute atomic E-state index is 0.556. The fraction of sp³-hybridized carbons (Fsp3) is 0.417. The first-order valence-corrected chi connectivity index (χ1v) is 8.00. The average Bonchev–Trinajstić information content (AvgIpc) is 2.39. The Kier molecular flexibility index (Phi) is 5.95. The number of para-hydroxylation sites is 1. The van der Waals surface area contributed by atoms with Crippen molar-refractivity contribution >= 4 is 15.8 Å². The van der Waals surface area contributed by atoms with Crippen LogP contribution in [0.3, 0.4) is 0 Å². The van der Waals surface area contributed by atoms with Gasteiger partial charge in [-0.15, -0.1) is 0 Å². The van der Waals surface area contributed by atoms with Crippen LogP contribution in [0.1, 0.15) is 10.4 Å². The van der Waals surface area contributed by atoms with Gasteiger partial charge in [-0.05, 0) is 12.1 Å². The van der Waals surface area contributed by atoms with Gasteiger partial charge in [-0.3, -0.25) is 0 Å². The summed E-state index contributed by atoms with van der Waals surface area (Å²) in [6.07, 6.45) is -13.6. The van der Waals surface area contributed by atoms with E-state index in [1.165, 1.54) is 0 Å². The van der Waals surface area contributed by atoms with Crippen LogP contribution < -0.4 is 4.74 Å². The number of rotatable bonds is 6. The van der Waals surface area contributed by atoms with E-state index in [0.717, 1.165) is 18.2 Å². The predicted octanol–water partition coefficient (Wildman–Crippen LogP) is 2.63. The van der Waals surface area contributed by atoms with E-state index in [0.29, 0.717) is 6.26 Å². The number of benzene rings is 1. The lowest BCUT2D eigenvalue weighted by Gasteiger charge is -2.24. The van der Waals surface area contributed by atoms with Gasteiger partial charge >= 0.3 is 18.3 Å². The van der Waals surface area contributed by atoms with Crippen LogP contribution in [0.2, 0.25) is 0 Å². The van der Waals surface area contributed by atoms with Gasteiger partial charge in [-0.25, -0.2) is 13.2 Å². The molecule has 1 atom stereocenters. The van der Waals surface area contributed by atoms with E-state index < -0.39 is 57.3 Å². The van der Waals surface area contributed by atoms with Gasteiger partial charge in [0.25, 0.3) is 6.29 Å². The minimum Gasteiger partial charge on any atom is -0.478 e. The molecule has 0 fully saturated rings. The molecule has 25 heavy (non-hydrogen) atoms. The van der Waals surface area contributed by atoms with Crippen molar-refractivity contribution in [2.75, 3.05) is 12.9 Å².